The van der Waals surface area contributed by atoms with E-state index in [1.807, 2.05) is 12.1 Å². The number of hydrogen-bond acceptors (Lipinski definition) is 9. The van der Waals surface area contributed by atoms with Crippen molar-refractivity contribution in [2.75, 3.05) is 6.73 Å². The minimum absolute atomic E-state index is 0.00138. The first-order valence-corrected chi connectivity index (χ1v) is 18.6. The summed E-state index contributed by atoms with van der Waals surface area (Å²) in [5, 5.41) is 54.7. The lowest BCUT2D eigenvalue weighted by molar-refractivity contribution is -0.122. The van der Waals surface area contributed by atoms with Gasteiger partial charge in [0.05, 0.1) is 6.10 Å². The predicted molar refractivity (Wildman–Crippen MR) is 197 cm³/mol. The summed E-state index contributed by atoms with van der Waals surface area (Å²) >= 11 is 0. The predicted octanol–water partition coefficient (Wildman–Crippen LogP) is 7.45. The number of aromatic hydroxyl groups is 4. The fourth-order valence-electron chi connectivity index (χ4n) is 9.81. The summed E-state index contributed by atoms with van der Waals surface area (Å²) in [6.07, 6.45) is 6.26. The molecule has 4 aromatic rings. The number of phenols is 4. The zero-order valence-corrected chi connectivity index (χ0v) is 29.4. The molecular formula is C43H49NO8. The summed E-state index contributed by atoms with van der Waals surface area (Å²) in [5.74, 6) is -0.324. The Morgan fingerprint density at radius 3 is 2.40 bits per heavy atom. The molecule has 274 valence electrons. The highest BCUT2D eigenvalue weighted by molar-refractivity contribution is 5.79. The lowest BCUT2D eigenvalue weighted by Gasteiger charge is -2.49. The number of fused-ring (bicyclic) bond motifs is 3. The molecule has 0 aromatic heterocycles. The molecule has 4 aliphatic rings. The number of Topliss-reactive ketones (excluding diaryl/α,β-unsaturated/α-hetero) is 1. The molecule has 8 rings (SSSR count). The molecule has 9 nitrogen and oxygen atoms in total. The van der Waals surface area contributed by atoms with Gasteiger partial charge in [-0.05, 0) is 120 Å². The molecular weight excluding hydrogens is 658 g/mol. The third-order valence-electron chi connectivity index (χ3n) is 12.1. The molecule has 2 saturated carbocycles. The van der Waals surface area contributed by atoms with Crippen molar-refractivity contribution in [3.8, 4) is 34.5 Å². The number of aliphatic hydroxyl groups excluding tert-OH is 1. The Labute approximate surface area is 304 Å². The van der Waals surface area contributed by atoms with Crippen LogP contribution in [0.15, 0.2) is 78.9 Å². The number of phenolic OH excluding ortho intramolecular Hbond substituents is 4. The number of nitrogens with two attached hydrogens (primary N) is 1. The average molecular weight is 708 g/mol. The maximum Gasteiger partial charge on any atom is 0.200 e. The van der Waals surface area contributed by atoms with Gasteiger partial charge in [-0.15, -0.1) is 0 Å². The Morgan fingerprint density at radius 2 is 1.65 bits per heavy atom. The number of hydrogen-bond donors (Lipinski definition) is 6. The maximum absolute atomic E-state index is 13.5. The first-order chi connectivity index (χ1) is 25.2. The van der Waals surface area contributed by atoms with E-state index in [9.17, 15) is 30.3 Å². The molecule has 0 radical (unpaired) electrons. The number of ether oxygens (including phenoxy) is 2. The van der Waals surface area contributed by atoms with Gasteiger partial charge in [0, 0.05) is 18.4 Å². The Morgan fingerprint density at radius 1 is 0.865 bits per heavy atom. The Bertz CT molecular complexity index is 1890. The number of ketones is 1. The zero-order chi connectivity index (χ0) is 36.4. The molecule has 0 saturated heterocycles. The fourth-order valence-corrected chi connectivity index (χ4v) is 9.81. The van der Waals surface area contributed by atoms with Crippen LogP contribution in [0.3, 0.4) is 0 Å². The van der Waals surface area contributed by atoms with Crippen molar-refractivity contribution in [3.05, 3.63) is 107 Å². The number of benzene rings is 4. The smallest absolute Gasteiger partial charge is 0.200 e. The molecule has 4 aromatic carbocycles. The summed E-state index contributed by atoms with van der Waals surface area (Å²) in [4.78, 5) is 13.5. The van der Waals surface area contributed by atoms with Crippen LogP contribution < -0.4 is 15.2 Å². The summed E-state index contributed by atoms with van der Waals surface area (Å²) in [6.45, 7) is 0.0118. The van der Waals surface area contributed by atoms with E-state index in [0.29, 0.717) is 12.8 Å². The largest absolute Gasteiger partial charge is 0.508 e. The zero-order valence-electron chi connectivity index (χ0n) is 29.4. The number of carbonyl (C=O) groups excluding carboxylic acids is 1. The molecule has 52 heavy (non-hydrogen) atoms. The SMILES string of the molecule is NCOc1cc(CCC(=O)C[C@H](O)[C@@H]2CC[C@@H]3C[C@@H](C4(c5ccccc5)CCCC4)[C@@H]2c2cc(O)c(O)c(OCc4cccc(O)c4)c23)ccc1O. The second-order valence-corrected chi connectivity index (χ2v) is 15.0. The van der Waals surface area contributed by atoms with E-state index < -0.39 is 6.10 Å². The van der Waals surface area contributed by atoms with Gasteiger partial charge in [0.25, 0.3) is 0 Å². The fraction of sp³-hybridized carbons (Fsp3) is 0.419. The molecule has 7 N–H and O–H groups in total. The first-order valence-electron chi connectivity index (χ1n) is 18.6. The van der Waals surface area contributed by atoms with Crippen LogP contribution in [0.4, 0.5) is 0 Å². The molecule has 0 unspecified atom stereocenters. The van der Waals surface area contributed by atoms with Crippen molar-refractivity contribution in [2.45, 2.75) is 94.2 Å². The highest BCUT2D eigenvalue weighted by Gasteiger charge is 2.55. The van der Waals surface area contributed by atoms with Crippen molar-refractivity contribution in [1.82, 2.24) is 0 Å². The lowest BCUT2D eigenvalue weighted by Crippen LogP contribution is -2.43. The molecule has 2 bridgehead atoms. The van der Waals surface area contributed by atoms with Gasteiger partial charge in [0.1, 0.15) is 24.9 Å². The van der Waals surface area contributed by atoms with Gasteiger partial charge in [-0.25, -0.2) is 0 Å². The van der Waals surface area contributed by atoms with Crippen LogP contribution in [0.1, 0.15) is 97.4 Å². The van der Waals surface area contributed by atoms with E-state index in [1.54, 1.807) is 36.4 Å². The molecule has 9 heteroatoms. The van der Waals surface area contributed by atoms with Crippen LogP contribution >= 0.6 is 0 Å². The van der Waals surface area contributed by atoms with E-state index in [2.05, 4.69) is 24.3 Å². The van der Waals surface area contributed by atoms with Gasteiger partial charge in [-0.3, -0.25) is 10.5 Å². The van der Waals surface area contributed by atoms with E-state index in [4.69, 9.17) is 15.2 Å². The Balaban J connectivity index is 1.23. The number of aliphatic hydroxyl groups is 1. The van der Waals surface area contributed by atoms with Gasteiger partial charge >= 0.3 is 0 Å². The Kier molecular flexibility index (Phi) is 10.3. The second-order valence-electron chi connectivity index (χ2n) is 15.0. The topological polar surface area (TPSA) is 163 Å². The van der Waals surface area contributed by atoms with Crippen LogP contribution in [-0.2, 0) is 23.2 Å². The molecule has 0 heterocycles. The van der Waals surface area contributed by atoms with Gasteiger partial charge in [0.15, 0.2) is 23.0 Å². The van der Waals surface area contributed by atoms with Crippen LogP contribution in [0, 0.1) is 11.8 Å². The van der Waals surface area contributed by atoms with E-state index >= 15 is 0 Å². The van der Waals surface area contributed by atoms with Crippen molar-refractivity contribution < 1.29 is 39.8 Å². The third-order valence-corrected chi connectivity index (χ3v) is 12.1. The molecule has 5 atom stereocenters. The number of rotatable bonds is 13. The van der Waals surface area contributed by atoms with Gasteiger partial charge in [0.2, 0.25) is 5.75 Å². The van der Waals surface area contributed by atoms with Crippen molar-refractivity contribution >= 4 is 5.78 Å². The second kappa shape index (κ2) is 15.1. The summed E-state index contributed by atoms with van der Waals surface area (Å²) in [7, 11) is 0. The summed E-state index contributed by atoms with van der Waals surface area (Å²) in [5.41, 5.74) is 9.97. The molecule has 4 aliphatic carbocycles. The van der Waals surface area contributed by atoms with Crippen LogP contribution in [0.2, 0.25) is 0 Å². The Hall–Kier alpha value is -4.73. The quantitative estimate of drug-likeness (QED) is 0.0612. The summed E-state index contributed by atoms with van der Waals surface area (Å²) < 4.78 is 11.6. The molecule has 2 fully saturated rings. The number of aryl methyl sites for hydroxylation is 1. The minimum Gasteiger partial charge on any atom is -0.508 e. The van der Waals surface area contributed by atoms with E-state index in [0.717, 1.165) is 60.8 Å². The van der Waals surface area contributed by atoms with Gasteiger partial charge < -0.3 is 35.0 Å². The first kappa shape index (κ1) is 35.7. The molecule has 0 amide bonds. The van der Waals surface area contributed by atoms with Crippen molar-refractivity contribution in [3.63, 3.8) is 0 Å². The third kappa shape index (κ3) is 6.92. The van der Waals surface area contributed by atoms with Gasteiger partial charge in [-0.1, -0.05) is 61.4 Å². The summed E-state index contributed by atoms with van der Waals surface area (Å²) in [6, 6.07) is 24.1. The average Bonchev–Trinajstić information content (AvgIpc) is 3.49. The monoisotopic (exact) mass is 707 g/mol. The van der Waals surface area contributed by atoms with Crippen molar-refractivity contribution in [1.29, 1.82) is 0 Å². The van der Waals surface area contributed by atoms with E-state index in [-0.39, 0.29) is 95.5 Å². The normalized spacial score (nSPS) is 22.3. The molecule has 0 aliphatic heterocycles. The van der Waals surface area contributed by atoms with Crippen LogP contribution in [0.25, 0.3) is 0 Å². The number of carbonyl (C=O) groups is 1. The lowest BCUT2D eigenvalue weighted by atomic mass is 9.55. The van der Waals surface area contributed by atoms with Gasteiger partial charge in [-0.2, -0.15) is 0 Å². The highest BCUT2D eigenvalue weighted by atomic mass is 16.5. The van der Waals surface area contributed by atoms with Crippen LogP contribution in [0.5, 0.6) is 34.5 Å². The minimum atomic E-state index is -0.914. The molecule has 0 spiro atoms. The maximum atomic E-state index is 13.5. The standard InChI is InChI=1S/C43H49NO8/c44-25-52-38-20-26(12-16-35(38)47)11-14-31(46)22-36(48)32-15-13-28-21-34(43(17-4-5-18-43)29-8-2-1-3-9-29)40(32)33-23-37(49)41(50)42(39(28)33)51-24-27-7-6-10-30(45)19-27/h1-3,6-10,12,16,19-20,23,28,32,34,36,40,45,47-50H,4-5,11,13-15,17-18,21-22,24-25,44H2/t28-,32+,34-,36+,40+/m1/s1. The highest BCUT2D eigenvalue weighted by Crippen LogP contribution is 2.65. The van der Waals surface area contributed by atoms with Crippen LogP contribution in [-0.4, -0.2) is 44.2 Å². The van der Waals surface area contributed by atoms with E-state index in [1.165, 1.54) is 11.6 Å². The van der Waals surface area contributed by atoms with Crippen molar-refractivity contribution in [2.24, 2.45) is 17.6 Å².